The van der Waals surface area contributed by atoms with Gasteiger partial charge in [-0.3, -0.25) is 19.5 Å². The molecule has 0 bridgehead atoms. The average Bonchev–Trinajstić information content (AvgIpc) is 3.26. The molecule has 5 nitrogen and oxygen atoms in total. The predicted molar refractivity (Wildman–Crippen MR) is 99.0 cm³/mol. The number of hydrogen-bond acceptors (Lipinski definition) is 4. The number of hydrogen-bond donors (Lipinski definition) is 0. The second kappa shape index (κ2) is 6.92. The Hall–Kier alpha value is -2.66. The molecule has 1 saturated heterocycles. The van der Waals surface area contributed by atoms with Gasteiger partial charge < -0.3 is 4.90 Å². The molecule has 1 fully saturated rings. The van der Waals surface area contributed by atoms with E-state index in [4.69, 9.17) is 11.6 Å². The number of benzene rings is 1. The first-order valence-corrected chi connectivity index (χ1v) is 9.03. The highest BCUT2D eigenvalue weighted by atomic mass is 35.5. The minimum Gasteiger partial charge on any atom is -0.366 e. The molecule has 26 heavy (non-hydrogen) atoms. The summed E-state index contributed by atoms with van der Waals surface area (Å²) in [5, 5.41) is 0.598. The van der Waals surface area contributed by atoms with Crippen LogP contribution in [0.1, 0.15) is 24.0 Å². The molecule has 0 unspecified atom stereocenters. The minimum atomic E-state index is -0.261. The molecule has 0 radical (unpaired) electrons. The molecule has 0 saturated carbocycles. The first-order chi connectivity index (χ1) is 12.6. The smallest absolute Gasteiger partial charge is 0.278 e. The Morgan fingerprint density at radius 2 is 1.73 bits per heavy atom. The molecule has 0 N–H and O–H groups in total. The largest absolute Gasteiger partial charge is 0.366 e. The summed E-state index contributed by atoms with van der Waals surface area (Å²) in [7, 11) is 0. The zero-order valence-electron chi connectivity index (χ0n) is 14.2. The van der Waals surface area contributed by atoms with E-state index < -0.39 is 0 Å². The number of halogens is 1. The zero-order valence-corrected chi connectivity index (χ0v) is 14.9. The van der Waals surface area contributed by atoms with E-state index in [-0.39, 0.29) is 18.4 Å². The molecule has 2 aliphatic rings. The molecule has 0 aliphatic carbocycles. The Labute approximate surface area is 156 Å². The highest BCUT2D eigenvalue weighted by molar-refractivity contribution is 6.35. The van der Waals surface area contributed by atoms with Gasteiger partial charge in [-0.2, -0.15) is 0 Å². The highest BCUT2D eigenvalue weighted by Gasteiger charge is 2.42. The molecule has 2 aromatic rings. The first-order valence-electron chi connectivity index (χ1n) is 8.65. The van der Waals surface area contributed by atoms with E-state index >= 15 is 0 Å². The van der Waals surface area contributed by atoms with Crippen molar-refractivity contribution >= 4 is 29.0 Å². The lowest BCUT2D eigenvalue weighted by Crippen LogP contribution is -2.34. The number of amides is 2. The van der Waals surface area contributed by atoms with Gasteiger partial charge in [0.1, 0.15) is 5.70 Å². The SMILES string of the molecule is O=C1C(c2ccc(Cl)cc2)=C(N2CCCC2)C(=O)N1Cc1cccnc1. The maximum Gasteiger partial charge on any atom is 0.278 e. The number of rotatable bonds is 4. The van der Waals surface area contributed by atoms with Crippen LogP contribution in [-0.4, -0.2) is 39.7 Å². The molecular formula is C20H18ClN3O2. The van der Waals surface area contributed by atoms with E-state index in [1.165, 1.54) is 4.90 Å². The van der Waals surface area contributed by atoms with Crippen molar-refractivity contribution in [3.63, 3.8) is 0 Å². The van der Waals surface area contributed by atoms with Crippen LogP contribution in [-0.2, 0) is 16.1 Å². The average molecular weight is 368 g/mol. The molecule has 6 heteroatoms. The fourth-order valence-corrected chi connectivity index (χ4v) is 3.62. The Bertz CT molecular complexity index is 872. The van der Waals surface area contributed by atoms with Gasteiger partial charge in [0.2, 0.25) is 0 Å². The molecule has 132 valence electrons. The van der Waals surface area contributed by atoms with Gasteiger partial charge in [-0.25, -0.2) is 0 Å². The van der Waals surface area contributed by atoms with Gasteiger partial charge in [-0.15, -0.1) is 0 Å². The first kappa shape index (κ1) is 16.8. The van der Waals surface area contributed by atoms with E-state index in [9.17, 15) is 9.59 Å². The van der Waals surface area contributed by atoms with E-state index in [2.05, 4.69) is 4.98 Å². The lowest BCUT2D eigenvalue weighted by molar-refractivity contribution is -0.138. The van der Waals surface area contributed by atoms with Gasteiger partial charge in [0.05, 0.1) is 12.1 Å². The summed E-state index contributed by atoms with van der Waals surface area (Å²) in [6.45, 7) is 1.82. The van der Waals surface area contributed by atoms with Crippen LogP contribution in [0.3, 0.4) is 0 Å². The van der Waals surface area contributed by atoms with Crippen molar-refractivity contribution in [3.8, 4) is 0 Å². The fraction of sp³-hybridized carbons (Fsp3) is 0.250. The number of nitrogens with zero attached hydrogens (tertiary/aromatic N) is 3. The topological polar surface area (TPSA) is 53.5 Å². The maximum atomic E-state index is 13.1. The molecule has 1 aromatic heterocycles. The lowest BCUT2D eigenvalue weighted by Gasteiger charge is -2.20. The molecule has 0 atom stereocenters. The number of aromatic nitrogens is 1. The third kappa shape index (κ3) is 2.99. The van der Waals surface area contributed by atoms with Crippen LogP contribution in [0.15, 0.2) is 54.5 Å². The van der Waals surface area contributed by atoms with Gasteiger partial charge in [0, 0.05) is 30.5 Å². The second-order valence-electron chi connectivity index (χ2n) is 6.48. The summed E-state index contributed by atoms with van der Waals surface area (Å²) in [4.78, 5) is 33.7. The van der Waals surface area contributed by atoms with Gasteiger partial charge >= 0.3 is 0 Å². The van der Waals surface area contributed by atoms with E-state index in [0.717, 1.165) is 37.1 Å². The van der Waals surface area contributed by atoms with Crippen molar-refractivity contribution in [2.24, 2.45) is 0 Å². The maximum absolute atomic E-state index is 13.1. The van der Waals surface area contributed by atoms with Gasteiger partial charge in [-0.05, 0) is 42.2 Å². The van der Waals surface area contributed by atoms with Crippen LogP contribution in [0.4, 0.5) is 0 Å². The van der Waals surface area contributed by atoms with Crippen LogP contribution >= 0.6 is 11.6 Å². The summed E-state index contributed by atoms with van der Waals surface area (Å²) >= 11 is 5.99. The molecular weight excluding hydrogens is 350 g/mol. The van der Waals surface area contributed by atoms with E-state index in [1.807, 2.05) is 11.0 Å². The Morgan fingerprint density at radius 3 is 2.38 bits per heavy atom. The third-order valence-electron chi connectivity index (χ3n) is 4.76. The summed E-state index contributed by atoms with van der Waals surface area (Å²) in [5.74, 6) is -0.492. The molecule has 1 aromatic carbocycles. The summed E-state index contributed by atoms with van der Waals surface area (Å²) in [6, 6.07) is 10.7. The van der Waals surface area contributed by atoms with Crippen molar-refractivity contribution < 1.29 is 9.59 Å². The van der Waals surface area contributed by atoms with Crippen molar-refractivity contribution in [2.45, 2.75) is 19.4 Å². The molecule has 0 spiro atoms. The van der Waals surface area contributed by atoms with Crippen LogP contribution in [0.2, 0.25) is 5.02 Å². The third-order valence-corrected chi connectivity index (χ3v) is 5.01. The standard InChI is InChI=1S/C20H18ClN3O2/c21-16-7-5-15(6-8-16)17-18(23-10-1-2-11-23)20(26)24(19(17)25)13-14-4-3-9-22-12-14/h3-9,12H,1-2,10-11,13H2. The Balaban J connectivity index is 1.74. The highest BCUT2D eigenvalue weighted by Crippen LogP contribution is 2.34. The van der Waals surface area contributed by atoms with Crippen molar-refractivity contribution in [1.29, 1.82) is 0 Å². The summed E-state index contributed by atoms with van der Waals surface area (Å²) < 4.78 is 0. The van der Waals surface area contributed by atoms with Crippen molar-refractivity contribution in [3.05, 3.63) is 70.6 Å². The summed E-state index contributed by atoms with van der Waals surface area (Å²) in [5.41, 5.74) is 2.53. The number of carbonyl (C=O) groups is 2. The van der Waals surface area contributed by atoms with Crippen molar-refractivity contribution in [1.82, 2.24) is 14.8 Å². The summed E-state index contributed by atoms with van der Waals surface area (Å²) in [6.07, 6.45) is 5.41. The molecule has 3 heterocycles. The quantitative estimate of drug-likeness (QED) is 0.779. The van der Waals surface area contributed by atoms with E-state index in [0.29, 0.717) is 16.3 Å². The fourth-order valence-electron chi connectivity index (χ4n) is 3.49. The van der Waals surface area contributed by atoms with Gasteiger partial charge in [0.25, 0.3) is 11.8 Å². The number of pyridine rings is 1. The molecule has 2 aliphatic heterocycles. The van der Waals surface area contributed by atoms with Gasteiger partial charge in [0.15, 0.2) is 0 Å². The number of imide groups is 1. The second-order valence-corrected chi connectivity index (χ2v) is 6.92. The van der Waals surface area contributed by atoms with Crippen LogP contribution in [0.5, 0.6) is 0 Å². The Kier molecular flexibility index (Phi) is 4.47. The number of likely N-dealkylation sites (tertiary alicyclic amines) is 1. The Morgan fingerprint density at radius 1 is 1.00 bits per heavy atom. The van der Waals surface area contributed by atoms with E-state index in [1.54, 1.807) is 42.7 Å². The molecule has 4 rings (SSSR count). The lowest BCUT2D eigenvalue weighted by atomic mass is 10.0. The predicted octanol–water partition coefficient (Wildman–Crippen LogP) is 3.11. The normalized spacial score (nSPS) is 17.6. The van der Waals surface area contributed by atoms with Crippen LogP contribution < -0.4 is 0 Å². The number of carbonyl (C=O) groups excluding carboxylic acids is 2. The van der Waals surface area contributed by atoms with Crippen LogP contribution in [0, 0.1) is 0 Å². The van der Waals surface area contributed by atoms with Crippen LogP contribution in [0.25, 0.3) is 5.57 Å². The minimum absolute atomic E-state index is 0.222. The monoisotopic (exact) mass is 367 g/mol. The van der Waals surface area contributed by atoms with Crippen molar-refractivity contribution in [2.75, 3.05) is 13.1 Å². The van der Waals surface area contributed by atoms with Gasteiger partial charge in [-0.1, -0.05) is 29.8 Å². The zero-order chi connectivity index (χ0) is 18.1. The molecule has 2 amide bonds.